The third-order valence-corrected chi connectivity index (χ3v) is 2.81. The third kappa shape index (κ3) is 6.81. The summed E-state index contributed by atoms with van der Waals surface area (Å²) in [7, 11) is 3.98. The van der Waals surface area contributed by atoms with Crippen molar-refractivity contribution in [3.05, 3.63) is 29.8 Å². The number of anilines is 1. The van der Waals surface area contributed by atoms with Crippen LogP contribution in [0.4, 0.5) is 5.69 Å². The van der Waals surface area contributed by atoms with Crippen LogP contribution in [0.15, 0.2) is 24.3 Å². The van der Waals surface area contributed by atoms with Crippen LogP contribution in [-0.2, 0) is 4.79 Å². The molecular weight excluding hydrogens is 266 g/mol. The largest absolute Gasteiger partial charge is 0.490 e. The number of hydrogen-bond donors (Lipinski definition) is 2. The van der Waals surface area contributed by atoms with Crippen molar-refractivity contribution in [3.63, 3.8) is 0 Å². The van der Waals surface area contributed by atoms with Gasteiger partial charge in [0.25, 0.3) is 0 Å². The van der Waals surface area contributed by atoms with Crippen molar-refractivity contribution in [3.8, 4) is 5.75 Å². The highest BCUT2D eigenvalue weighted by molar-refractivity contribution is 5.91. The highest BCUT2D eigenvalue weighted by Gasteiger charge is 2.02. The molecule has 0 aromatic heterocycles. The number of benzene rings is 1. The van der Waals surface area contributed by atoms with Crippen LogP contribution < -0.4 is 15.8 Å². The molecule has 0 saturated carbocycles. The van der Waals surface area contributed by atoms with E-state index in [1.54, 1.807) is 12.1 Å². The SMILES string of the molecule is CCCNC(=O)/C=C\c1ccc(OCCN(C)C)c(N)c1. The fourth-order valence-electron chi connectivity index (χ4n) is 1.62. The summed E-state index contributed by atoms with van der Waals surface area (Å²) in [6, 6.07) is 5.51. The Kier molecular flexibility index (Phi) is 7.32. The molecule has 0 saturated heterocycles. The molecule has 21 heavy (non-hydrogen) atoms. The fourth-order valence-corrected chi connectivity index (χ4v) is 1.62. The Bertz CT molecular complexity index is 484. The summed E-state index contributed by atoms with van der Waals surface area (Å²) in [4.78, 5) is 13.5. The zero-order valence-corrected chi connectivity index (χ0v) is 13.1. The summed E-state index contributed by atoms with van der Waals surface area (Å²) >= 11 is 0. The number of rotatable bonds is 8. The van der Waals surface area contributed by atoms with Crippen molar-refractivity contribution in [2.45, 2.75) is 13.3 Å². The minimum absolute atomic E-state index is 0.0956. The van der Waals surface area contributed by atoms with E-state index in [0.29, 0.717) is 24.6 Å². The number of amides is 1. The van der Waals surface area contributed by atoms with E-state index >= 15 is 0 Å². The minimum Gasteiger partial charge on any atom is -0.490 e. The summed E-state index contributed by atoms with van der Waals surface area (Å²) in [5, 5.41) is 2.78. The highest BCUT2D eigenvalue weighted by Crippen LogP contribution is 2.23. The van der Waals surface area contributed by atoms with E-state index in [1.807, 2.05) is 38.1 Å². The van der Waals surface area contributed by atoms with E-state index in [1.165, 1.54) is 6.08 Å². The molecule has 3 N–H and O–H groups in total. The van der Waals surface area contributed by atoms with Crippen LogP contribution in [0.3, 0.4) is 0 Å². The van der Waals surface area contributed by atoms with Crippen LogP contribution in [-0.4, -0.2) is 44.6 Å². The quantitative estimate of drug-likeness (QED) is 0.565. The van der Waals surface area contributed by atoms with E-state index in [4.69, 9.17) is 10.5 Å². The minimum atomic E-state index is -0.0956. The van der Waals surface area contributed by atoms with Gasteiger partial charge in [-0.25, -0.2) is 0 Å². The Morgan fingerprint density at radius 1 is 1.43 bits per heavy atom. The van der Waals surface area contributed by atoms with Gasteiger partial charge in [0.2, 0.25) is 5.91 Å². The van der Waals surface area contributed by atoms with Crippen molar-refractivity contribution < 1.29 is 9.53 Å². The number of nitrogens with one attached hydrogen (secondary N) is 1. The summed E-state index contributed by atoms with van der Waals surface area (Å²) in [6.45, 7) is 4.12. The lowest BCUT2D eigenvalue weighted by Gasteiger charge is -2.12. The third-order valence-electron chi connectivity index (χ3n) is 2.81. The van der Waals surface area contributed by atoms with E-state index in [9.17, 15) is 4.79 Å². The van der Waals surface area contributed by atoms with Gasteiger partial charge in [0.05, 0.1) is 5.69 Å². The molecular formula is C16H25N3O2. The highest BCUT2D eigenvalue weighted by atomic mass is 16.5. The molecule has 0 aliphatic carbocycles. The normalized spacial score (nSPS) is 11.0. The molecule has 0 heterocycles. The summed E-state index contributed by atoms with van der Waals surface area (Å²) < 4.78 is 5.61. The van der Waals surface area contributed by atoms with Gasteiger partial charge >= 0.3 is 0 Å². The van der Waals surface area contributed by atoms with Gasteiger partial charge in [-0.2, -0.15) is 0 Å². The zero-order chi connectivity index (χ0) is 15.7. The molecule has 1 aromatic carbocycles. The van der Waals surface area contributed by atoms with Gasteiger partial charge in [-0.1, -0.05) is 13.0 Å². The maximum atomic E-state index is 11.5. The number of carbonyl (C=O) groups is 1. The fraction of sp³-hybridized carbons (Fsp3) is 0.438. The van der Waals surface area contributed by atoms with Gasteiger partial charge in [-0.05, 0) is 44.3 Å². The van der Waals surface area contributed by atoms with Crippen LogP contribution in [0.2, 0.25) is 0 Å². The molecule has 1 rings (SSSR count). The first-order chi connectivity index (χ1) is 10.0. The first kappa shape index (κ1) is 17.0. The molecule has 5 heteroatoms. The first-order valence-corrected chi connectivity index (χ1v) is 7.16. The number of carbonyl (C=O) groups excluding carboxylic acids is 1. The Morgan fingerprint density at radius 3 is 2.81 bits per heavy atom. The second kappa shape index (κ2) is 9.02. The van der Waals surface area contributed by atoms with E-state index in [-0.39, 0.29) is 5.91 Å². The zero-order valence-electron chi connectivity index (χ0n) is 13.1. The van der Waals surface area contributed by atoms with E-state index < -0.39 is 0 Å². The first-order valence-electron chi connectivity index (χ1n) is 7.16. The van der Waals surface area contributed by atoms with Crippen molar-refractivity contribution in [2.24, 2.45) is 0 Å². The number of nitrogens with zero attached hydrogens (tertiary/aromatic N) is 1. The Hall–Kier alpha value is -2.01. The molecule has 0 atom stereocenters. The lowest BCUT2D eigenvalue weighted by molar-refractivity contribution is -0.116. The average molecular weight is 291 g/mol. The smallest absolute Gasteiger partial charge is 0.243 e. The summed E-state index contributed by atoms with van der Waals surface area (Å²) in [5.74, 6) is 0.575. The van der Waals surface area contributed by atoms with Crippen LogP contribution in [0.5, 0.6) is 5.75 Å². The molecule has 0 bridgehead atoms. The van der Waals surface area contributed by atoms with Crippen molar-refractivity contribution in [2.75, 3.05) is 39.5 Å². The second-order valence-corrected chi connectivity index (χ2v) is 5.07. The van der Waals surface area contributed by atoms with Crippen molar-refractivity contribution in [1.82, 2.24) is 10.2 Å². The maximum absolute atomic E-state index is 11.5. The molecule has 0 aliphatic rings. The van der Waals surface area contributed by atoms with Gasteiger partial charge in [-0.15, -0.1) is 0 Å². The van der Waals surface area contributed by atoms with Gasteiger partial charge in [0.15, 0.2) is 0 Å². The monoisotopic (exact) mass is 291 g/mol. The van der Waals surface area contributed by atoms with Crippen LogP contribution >= 0.6 is 0 Å². The van der Waals surface area contributed by atoms with Crippen LogP contribution in [0.1, 0.15) is 18.9 Å². The molecule has 1 amide bonds. The van der Waals surface area contributed by atoms with Gasteiger partial charge in [0.1, 0.15) is 12.4 Å². The van der Waals surface area contributed by atoms with E-state index in [0.717, 1.165) is 18.5 Å². The molecule has 116 valence electrons. The molecule has 1 aromatic rings. The lowest BCUT2D eigenvalue weighted by atomic mass is 10.1. The molecule has 0 unspecified atom stereocenters. The Morgan fingerprint density at radius 2 is 2.19 bits per heavy atom. The molecule has 0 spiro atoms. The van der Waals surface area contributed by atoms with Crippen molar-refractivity contribution in [1.29, 1.82) is 0 Å². The number of likely N-dealkylation sites (N-methyl/N-ethyl adjacent to an activating group) is 1. The topological polar surface area (TPSA) is 67.6 Å². The second-order valence-electron chi connectivity index (χ2n) is 5.07. The Labute approximate surface area is 126 Å². The lowest BCUT2D eigenvalue weighted by Crippen LogP contribution is -2.21. The predicted octanol–water partition coefficient (Wildman–Crippen LogP) is 1.75. The Balaban J connectivity index is 2.57. The standard InChI is InChI=1S/C16H25N3O2/c1-4-9-18-16(20)8-6-13-5-7-15(14(17)12-13)21-11-10-19(2)3/h5-8,12H,4,9-11,17H2,1-3H3,(H,18,20)/b8-6-. The van der Waals surface area contributed by atoms with Crippen molar-refractivity contribution >= 4 is 17.7 Å². The molecule has 0 aliphatic heterocycles. The summed E-state index contributed by atoms with van der Waals surface area (Å²) in [5.41, 5.74) is 7.40. The van der Waals surface area contributed by atoms with Crippen LogP contribution in [0.25, 0.3) is 6.08 Å². The number of hydrogen-bond acceptors (Lipinski definition) is 4. The average Bonchev–Trinajstić information content (AvgIpc) is 2.44. The van der Waals surface area contributed by atoms with Gasteiger partial charge in [-0.3, -0.25) is 4.79 Å². The summed E-state index contributed by atoms with van der Waals surface area (Å²) in [6.07, 6.45) is 4.17. The van der Waals surface area contributed by atoms with E-state index in [2.05, 4.69) is 5.32 Å². The molecule has 0 fully saturated rings. The molecule has 5 nitrogen and oxygen atoms in total. The van der Waals surface area contributed by atoms with Gasteiger partial charge in [0, 0.05) is 19.2 Å². The number of ether oxygens (including phenoxy) is 1. The molecule has 0 radical (unpaired) electrons. The van der Waals surface area contributed by atoms with Crippen LogP contribution in [0, 0.1) is 0 Å². The number of nitrogen functional groups attached to an aromatic ring is 1. The van der Waals surface area contributed by atoms with Gasteiger partial charge < -0.3 is 20.7 Å². The predicted molar refractivity (Wildman–Crippen MR) is 87.2 cm³/mol. The maximum Gasteiger partial charge on any atom is 0.243 e. The number of nitrogens with two attached hydrogens (primary N) is 1.